The summed E-state index contributed by atoms with van der Waals surface area (Å²) in [6.45, 7) is 5.62. The average Bonchev–Trinajstić information content (AvgIpc) is 2.28. The third-order valence-electron chi connectivity index (χ3n) is 2.16. The molecular weight excluding hydrogens is 210 g/mol. The van der Waals surface area contributed by atoms with Crippen molar-refractivity contribution in [3.05, 3.63) is 27.6 Å². The van der Waals surface area contributed by atoms with E-state index in [1.165, 1.54) is 0 Å². The zero-order valence-electron chi connectivity index (χ0n) is 9.70. The fraction of sp³-hybridized carbons (Fsp3) is 0.545. The van der Waals surface area contributed by atoms with Crippen LogP contribution in [-0.2, 0) is 17.6 Å². The number of nitrogens with zero attached hydrogens (tertiary/aromatic N) is 1. The van der Waals surface area contributed by atoms with E-state index in [0.29, 0.717) is 24.1 Å². The molecule has 0 saturated heterocycles. The normalized spacial score (nSPS) is 10.2. The molecule has 1 aromatic heterocycles. The Balaban J connectivity index is 3.20. The van der Waals surface area contributed by atoms with Gasteiger partial charge in [0.15, 0.2) is 0 Å². The number of hydrogen-bond donors (Lipinski definition) is 0. The van der Waals surface area contributed by atoms with Gasteiger partial charge in [-0.15, -0.1) is 0 Å². The van der Waals surface area contributed by atoms with Crippen LogP contribution in [0, 0.1) is 0 Å². The third kappa shape index (κ3) is 2.48. The van der Waals surface area contributed by atoms with Gasteiger partial charge in [-0.3, -0.25) is 0 Å². The van der Waals surface area contributed by atoms with Crippen molar-refractivity contribution < 1.29 is 13.9 Å². The van der Waals surface area contributed by atoms with Crippen molar-refractivity contribution in [2.24, 2.45) is 0 Å². The first kappa shape index (κ1) is 12.4. The summed E-state index contributed by atoms with van der Waals surface area (Å²) in [6, 6.07) is 0. The molecule has 0 saturated carbocycles. The Bertz CT molecular complexity index is 436. The molecular formula is C11H15NO4. The van der Waals surface area contributed by atoms with E-state index in [-0.39, 0.29) is 12.5 Å². The third-order valence-corrected chi connectivity index (χ3v) is 2.16. The van der Waals surface area contributed by atoms with Gasteiger partial charge in [-0.05, 0) is 19.8 Å². The first-order valence-corrected chi connectivity index (χ1v) is 5.33. The van der Waals surface area contributed by atoms with Crippen LogP contribution >= 0.6 is 0 Å². The van der Waals surface area contributed by atoms with Gasteiger partial charge in [0, 0.05) is 0 Å². The molecule has 0 bridgehead atoms. The summed E-state index contributed by atoms with van der Waals surface area (Å²) in [6.07, 6.45) is 1.13. The minimum absolute atomic E-state index is 0.223. The van der Waals surface area contributed by atoms with Gasteiger partial charge in [0.25, 0.3) is 0 Å². The van der Waals surface area contributed by atoms with E-state index in [1.54, 1.807) is 6.92 Å². The van der Waals surface area contributed by atoms with Crippen molar-refractivity contribution in [3.8, 4) is 0 Å². The highest BCUT2D eigenvalue weighted by molar-refractivity contribution is 5.84. The maximum absolute atomic E-state index is 11.5. The predicted molar refractivity (Wildman–Crippen MR) is 57.5 cm³/mol. The Morgan fingerprint density at radius 2 is 2.00 bits per heavy atom. The van der Waals surface area contributed by atoms with E-state index in [0.717, 1.165) is 0 Å². The van der Waals surface area contributed by atoms with Crippen LogP contribution in [-0.4, -0.2) is 17.6 Å². The second-order valence-corrected chi connectivity index (χ2v) is 3.16. The fourth-order valence-electron chi connectivity index (χ4n) is 1.40. The van der Waals surface area contributed by atoms with Crippen LogP contribution in [0.25, 0.3) is 0 Å². The number of carbonyl (C=O) groups is 1. The number of aryl methyl sites for hydroxylation is 1. The molecule has 0 aliphatic carbocycles. The molecule has 1 rings (SSSR count). The van der Waals surface area contributed by atoms with Gasteiger partial charge in [0.1, 0.15) is 0 Å². The molecule has 0 unspecified atom stereocenters. The van der Waals surface area contributed by atoms with Crippen molar-refractivity contribution >= 4 is 5.97 Å². The Kier molecular flexibility index (Phi) is 4.22. The minimum atomic E-state index is -0.697. The van der Waals surface area contributed by atoms with Gasteiger partial charge in [-0.1, -0.05) is 13.8 Å². The molecule has 0 fully saturated rings. The van der Waals surface area contributed by atoms with Gasteiger partial charge >= 0.3 is 17.5 Å². The van der Waals surface area contributed by atoms with E-state index >= 15 is 0 Å². The quantitative estimate of drug-likeness (QED) is 0.723. The molecule has 0 spiro atoms. The smallest absolute Gasteiger partial charge is 0.394 e. The molecule has 0 atom stereocenters. The second kappa shape index (κ2) is 5.44. The molecule has 0 aromatic carbocycles. The van der Waals surface area contributed by atoms with Crippen LogP contribution in [0.2, 0.25) is 0 Å². The van der Waals surface area contributed by atoms with Gasteiger partial charge in [-0.25, -0.2) is 14.6 Å². The lowest BCUT2D eigenvalue weighted by Crippen LogP contribution is -2.18. The average molecular weight is 225 g/mol. The molecule has 1 heterocycles. The zero-order chi connectivity index (χ0) is 12.1. The minimum Gasteiger partial charge on any atom is -0.459 e. The summed E-state index contributed by atoms with van der Waals surface area (Å²) in [5, 5.41) is 0. The molecule has 0 amide bonds. The van der Waals surface area contributed by atoms with E-state index in [2.05, 4.69) is 4.98 Å². The topological polar surface area (TPSA) is 69.4 Å². The first-order chi connectivity index (χ1) is 7.63. The number of ether oxygens (including phenoxy) is 1. The fourth-order valence-corrected chi connectivity index (χ4v) is 1.40. The summed E-state index contributed by atoms with van der Waals surface area (Å²) >= 11 is 0. The molecule has 1 aromatic rings. The Hall–Kier alpha value is -1.65. The Morgan fingerprint density at radius 3 is 2.50 bits per heavy atom. The van der Waals surface area contributed by atoms with E-state index in [1.807, 2.05) is 13.8 Å². The van der Waals surface area contributed by atoms with Crippen molar-refractivity contribution in [3.63, 3.8) is 0 Å². The molecule has 88 valence electrons. The molecule has 0 aliphatic rings. The van der Waals surface area contributed by atoms with Crippen LogP contribution in [0.1, 0.15) is 42.7 Å². The lowest BCUT2D eigenvalue weighted by molar-refractivity contribution is 0.0471. The Morgan fingerprint density at radius 1 is 1.31 bits per heavy atom. The number of aromatic nitrogens is 1. The largest absolute Gasteiger partial charge is 0.459 e. The summed E-state index contributed by atoms with van der Waals surface area (Å²) in [5.74, 6) is -0.960. The first-order valence-electron chi connectivity index (χ1n) is 5.33. The number of rotatable bonds is 4. The monoisotopic (exact) mass is 225 g/mol. The highest BCUT2D eigenvalue weighted by Crippen LogP contribution is 2.05. The van der Waals surface area contributed by atoms with Gasteiger partial charge in [-0.2, -0.15) is 0 Å². The Labute approximate surface area is 93.4 Å². The summed E-state index contributed by atoms with van der Waals surface area (Å²) in [5.41, 5.74) is 0.620. The zero-order valence-corrected chi connectivity index (χ0v) is 9.70. The molecule has 5 heteroatoms. The van der Waals surface area contributed by atoms with Crippen molar-refractivity contribution in [2.75, 3.05) is 6.61 Å². The van der Waals surface area contributed by atoms with Gasteiger partial charge in [0.2, 0.25) is 0 Å². The maximum Gasteiger partial charge on any atom is 0.394 e. The highest BCUT2D eigenvalue weighted by atomic mass is 16.5. The molecule has 16 heavy (non-hydrogen) atoms. The maximum atomic E-state index is 11.5. The van der Waals surface area contributed by atoms with Crippen molar-refractivity contribution in [2.45, 2.75) is 33.6 Å². The molecule has 5 nitrogen and oxygen atoms in total. The summed E-state index contributed by atoms with van der Waals surface area (Å²) in [7, 11) is 0. The van der Waals surface area contributed by atoms with E-state index < -0.39 is 11.6 Å². The predicted octanol–water partition coefficient (Wildman–Crippen LogP) is 1.34. The summed E-state index contributed by atoms with van der Waals surface area (Å²) in [4.78, 5) is 26.9. The number of hydrogen-bond acceptors (Lipinski definition) is 5. The standard InChI is InChI=1S/C11H15NO4/c1-4-7-8(5-2)12-9(16-10(7)13)11(14)15-6-3/h4-6H2,1-3H3. The lowest BCUT2D eigenvalue weighted by Gasteiger charge is -2.04. The second-order valence-electron chi connectivity index (χ2n) is 3.16. The van der Waals surface area contributed by atoms with Gasteiger partial charge < -0.3 is 9.15 Å². The molecule has 0 N–H and O–H groups in total. The number of esters is 1. The van der Waals surface area contributed by atoms with Crippen LogP contribution in [0.15, 0.2) is 9.21 Å². The van der Waals surface area contributed by atoms with Crippen LogP contribution in [0.5, 0.6) is 0 Å². The van der Waals surface area contributed by atoms with E-state index in [4.69, 9.17) is 9.15 Å². The summed E-state index contributed by atoms with van der Waals surface area (Å²) < 4.78 is 9.54. The van der Waals surface area contributed by atoms with Crippen molar-refractivity contribution in [1.29, 1.82) is 0 Å². The van der Waals surface area contributed by atoms with Crippen molar-refractivity contribution in [1.82, 2.24) is 4.98 Å². The van der Waals surface area contributed by atoms with Crippen LogP contribution in [0.4, 0.5) is 0 Å². The molecule has 0 radical (unpaired) electrons. The van der Waals surface area contributed by atoms with E-state index in [9.17, 15) is 9.59 Å². The number of carbonyl (C=O) groups excluding carboxylic acids is 1. The van der Waals surface area contributed by atoms with Gasteiger partial charge in [0.05, 0.1) is 17.9 Å². The molecule has 0 aliphatic heterocycles. The van der Waals surface area contributed by atoms with Crippen LogP contribution < -0.4 is 5.63 Å². The van der Waals surface area contributed by atoms with Crippen LogP contribution in [0.3, 0.4) is 0 Å². The highest BCUT2D eigenvalue weighted by Gasteiger charge is 2.17. The SMILES string of the molecule is CCOC(=O)c1nc(CC)c(CC)c(=O)o1. The lowest BCUT2D eigenvalue weighted by atomic mass is 10.1.